The average molecular weight is 567 g/mol. The Balaban J connectivity index is 1.48. The van der Waals surface area contributed by atoms with Crippen LogP contribution in [0.1, 0.15) is 31.0 Å². The summed E-state index contributed by atoms with van der Waals surface area (Å²) in [6.45, 7) is 6.09. The van der Waals surface area contributed by atoms with E-state index < -0.39 is 35.5 Å². The zero-order valence-electron chi connectivity index (χ0n) is 23.7. The van der Waals surface area contributed by atoms with Crippen molar-refractivity contribution in [3.63, 3.8) is 0 Å². The van der Waals surface area contributed by atoms with Crippen LogP contribution in [-0.4, -0.2) is 92.7 Å². The van der Waals surface area contributed by atoms with Gasteiger partial charge in [0.25, 0.3) is 0 Å². The number of Topliss-reactive ketones (excluding diaryl/α,β-unsaturated/α-hetero) is 1. The largest absolute Gasteiger partial charge is 0.497 e. The van der Waals surface area contributed by atoms with Crippen molar-refractivity contribution in [1.82, 2.24) is 20.9 Å². The molecule has 2 aliphatic rings. The third-order valence-corrected chi connectivity index (χ3v) is 7.25. The summed E-state index contributed by atoms with van der Waals surface area (Å²) >= 11 is 0. The molecule has 220 valence electrons. The molecule has 0 saturated carbocycles. The molecule has 3 amide bonds. The van der Waals surface area contributed by atoms with Crippen LogP contribution < -0.4 is 20.7 Å². The van der Waals surface area contributed by atoms with Crippen LogP contribution in [0.5, 0.6) is 5.75 Å². The Morgan fingerprint density at radius 2 is 1.61 bits per heavy atom. The maximum absolute atomic E-state index is 13.7. The van der Waals surface area contributed by atoms with Gasteiger partial charge in [-0.2, -0.15) is 0 Å². The molecular weight excluding hydrogens is 528 g/mol. The van der Waals surface area contributed by atoms with Crippen molar-refractivity contribution >= 4 is 23.5 Å². The normalized spacial score (nSPS) is 20.7. The summed E-state index contributed by atoms with van der Waals surface area (Å²) in [5.41, 5.74) is 0.415. The number of ketones is 1. The second-order valence-corrected chi connectivity index (χ2v) is 10.5. The number of nitrogens with zero attached hydrogens (tertiary/aromatic N) is 1. The Bertz CT molecular complexity index is 1210. The summed E-state index contributed by atoms with van der Waals surface area (Å²) in [4.78, 5) is 54.7. The highest BCUT2D eigenvalue weighted by atomic mass is 16.6. The summed E-state index contributed by atoms with van der Waals surface area (Å²) in [5.74, 6) is -0.960. The number of carbonyl (C=O) groups excluding carboxylic acids is 4. The van der Waals surface area contributed by atoms with Gasteiger partial charge < -0.3 is 30.2 Å². The highest BCUT2D eigenvalue weighted by molar-refractivity contribution is 5.99. The number of morpholine rings is 1. The number of methoxy groups -OCH3 is 1. The first-order valence-corrected chi connectivity index (χ1v) is 13.7. The van der Waals surface area contributed by atoms with Crippen molar-refractivity contribution in [3.05, 3.63) is 65.7 Å². The van der Waals surface area contributed by atoms with Crippen molar-refractivity contribution in [2.45, 2.75) is 44.0 Å². The van der Waals surface area contributed by atoms with E-state index >= 15 is 0 Å². The monoisotopic (exact) mass is 566 g/mol. The van der Waals surface area contributed by atoms with Crippen molar-refractivity contribution < 1.29 is 33.4 Å². The van der Waals surface area contributed by atoms with Crippen LogP contribution in [0.4, 0.5) is 0 Å². The molecule has 0 bridgehead atoms. The molecule has 2 aliphatic heterocycles. The number of rotatable bonds is 13. The molecule has 11 heteroatoms. The molecular formula is C30H38N4O7. The van der Waals surface area contributed by atoms with Gasteiger partial charge in [0.15, 0.2) is 5.78 Å². The SMILES string of the molecule is COc1ccc(C[C@H](NC(=O)C(C)NC(=O)CN2CCOCC2)C(=O)N[C@H](C(=O)[C@@]2(C)CO2)c2ccccc2)cc1. The third-order valence-electron chi connectivity index (χ3n) is 7.25. The molecule has 41 heavy (non-hydrogen) atoms. The zero-order valence-corrected chi connectivity index (χ0v) is 23.7. The Morgan fingerprint density at radius 1 is 0.951 bits per heavy atom. The molecule has 4 atom stereocenters. The van der Waals surface area contributed by atoms with Crippen LogP contribution in [0, 0.1) is 0 Å². The third kappa shape index (κ3) is 8.35. The fourth-order valence-corrected chi connectivity index (χ4v) is 4.56. The lowest BCUT2D eigenvalue weighted by atomic mass is 9.94. The molecule has 0 radical (unpaired) electrons. The number of carbonyl (C=O) groups is 4. The Kier molecular flexibility index (Phi) is 10.1. The first kappa shape index (κ1) is 30.2. The van der Waals surface area contributed by atoms with Gasteiger partial charge in [-0.05, 0) is 37.1 Å². The Morgan fingerprint density at radius 3 is 2.22 bits per heavy atom. The van der Waals surface area contributed by atoms with Crippen LogP contribution in [0.2, 0.25) is 0 Å². The Hall–Kier alpha value is -3.80. The van der Waals surface area contributed by atoms with Gasteiger partial charge in [-0.25, -0.2) is 0 Å². The molecule has 1 unspecified atom stereocenters. The van der Waals surface area contributed by atoms with E-state index in [0.29, 0.717) is 37.6 Å². The fraction of sp³-hybridized carbons (Fsp3) is 0.467. The quantitative estimate of drug-likeness (QED) is 0.303. The van der Waals surface area contributed by atoms with Gasteiger partial charge >= 0.3 is 0 Å². The van der Waals surface area contributed by atoms with Gasteiger partial charge in [0.2, 0.25) is 17.7 Å². The van der Waals surface area contributed by atoms with Gasteiger partial charge in [-0.3, -0.25) is 24.1 Å². The number of nitrogens with one attached hydrogen (secondary N) is 3. The summed E-state index contributed by atoms with van der Waals surface area (Å²) < 4.78 is 15.9. The molecule has 2 aromatic carbocycles. The van der Waals surface area contributed by atoms with E-state index in [0.717, 1.165) is 5.56 Å². The number of epoxide rings is 1. The van der Waals surface area contributed by atoms with Gasteiger partial charge in [-0.15, -0.1) is 0 Å². The maximum Gasteiger partial charge on any atom is 0.243 e. The summed E-state index contributed by atoms with van der Waals surface area (Å²) in [6, 6.07) is 13.2. The number of hydrogen-bond acceptors (Lipinski definition) is 8. The van der Waals surface area contributed by atoms with Crippen molar-refractivity contribution in [1.29, 1.82) is 0 Å². The molecule has 4 rings (SSSR count). The molecule has 2 saturated heterocycles. The zero-order chi connectivity index (χ0) is 29.4. The number of benzene rings is 2. The van der Waals surface area contributed by atoms with Gasteiger partial charge in [0.05, 0.1) is 33.5 Å². The standard InChI is InChI=1S/C30H38N4O7/c1-20(31-25(35)18-34-13-15-40-16-14-34)28(37)32-24(17-21-9-11-23(39-3)12-10-21)29(38)33-26(22-7-5-4-6-8-22)27(36)30(2)19-41-30/h4-12,20,24,26H,13-19H2,1-3H3,(H,31,35)(H,32,37)(H,33,38)/t20?,24-,26-,30+/m0/s1. The summed E-state index contributed by atoms with van der Waals surface area (Å²) in [5, 5.41) is 8.34. The highest BCUT2D eigenvalue weighted by Gasteiger charge is 2.50. The van der Waals surface area contributed by atoms with Crippen LogP contribution in [0.3, 0.4) is 0 Å². The number of hydrogen-bond donors (Lipinski definition) is 3. The van der Waals surface area contributed by atoms with Gasteiger partial charge in [0, 0.05) is 19.5 Å². The molecule has 0 aliphatic carbocycles. The molecule has 3 N–H and O–H groups in total. The lowest BCUT2D eigenvalue weighted by molar-refractivity contribution is -0.134. The van der Waals surface area contributed by atoms with Gasteiger partial charge in [-0.1, -0.05) is 42.5 Å². The molecule has 0 aromatic heterocycles. The molecule has 2 heterocycles. The van der Waals surface area contributed by atoms with Crippen molar-refractivity contribution in [2.24, 2.45) is 0 Å². The topological polar surface area (TPSA) is 139 Å². The Labute approximate surface area is 239 Å². The molecule has 2 aromatic rings. The van der Waals surface area contributed by atoms with E-state index in [2.05, 4.69) is 16.0 Å². The first-order chi connectivity index (χ1) is 19.7. The molecule has 2 fully saturated rings. The second kappa shape index (κ2) is 13.7. The molecule has 11 nitrogen and oxygen atoms in total. The predicted octanol–water partition coefficient (Wildman–Crippen LogP) is 0.775. The van der Waals surface area contributed by atoms with Crippen molar-refractivity contribution in [2.75, 3.05) is 46.6 Å². The minimum atomic E-state index is -1.03. The van der Waals surface area contributed by atoms with E-state index in [9.17, 15) is 19.2 Å². The second-order valence-electron chi connectivity index (χ2n) is 10.5. The summed E-state index contributed by atoms with van der Waals surface area (Å²) in [6.07, 6.45) is 0.152. The lowest BCUT2D eigenvalue weighted by Gasteiger charge is -2.27. The fourth-order valence-electron chi connectivity index (χ4n) is 4.56. The van der Waals surface area contributed by atoms with Crippen LogP contribution in [-0.2, 0) is 35.1 Å². The minimum absolute atomic E-state index is 0.151. The van der Waals surface area contributed by atoms with Gasteiger partial charge in [0.1, 0.15) is 29.5 Å². The smallest absolute Gasteiger partial charge is 0.243 e. The average Bonchev–Trinajstić information content (AvgIpc) is 3.74. The predicted molar refractivity (Wildman–Crippen MR) is 150 cm³/mol. The number of ether oxygens (including phenoxy) is 3. The van der Waals surface area contributed by atoms with E-state index in [1.54, 1.807) is 69.5 Å². The van der Waals surface area contributed by atoms with Crippen LogP contribution in [0.25, 0.3) is 0 Å². The van der Waals surface area contributed by atoms with E-state index in [1.807, 2.05) is 11.0 Å². The first-order valence-electron chi connectivity index (χ1n) is 13.7. The van der Waals surface area contributed by atoms with E-state index in [4.69, 9.17) is 14.2 Å². The summed E-state index contributed by atoms with van der Waals surface area (Å²) in [7, 11) is 1.56. The lowest BCUT2D eigenvalue weighted by Crippen LogP contribution is -2.55. The van der Waals surface area contributed by atoms with E-state index in [1.165, 1.54) is 0 Å². The molecule has 0 spiro atoms. The maximum atomic E-state index is 13.7. The number of amides is 3. The van der Waals surface area contributed by atoms with Crippen LogP contribution in [0.15, 0.2) is 54.6 Å². The van der Waals surface area contributed by atoms with Crippen molar-refractivity contribution in [3.8, 4) is 5.75 Å². The minimum Gasteiger partial charge on any atom is -0.497 e. The highest BCUT2D eigenvalue weighted by Crippen LogP contribution is 2.33. The van der Waals surface area contributed by atoms with E-state index in [-0.39, 0.29) is 31.3 Å². The van der Waals surface area contributed by atoms with Crippen LogP contribution >= 0.6 is 0 Å².